The van der Waals surface area contributed by atoms with Gasteiger partial charge in [0.2, 0.25) is 0 Å². The zero-order chi connectivity index (χ0) is 11.8. The summed E-state index contributed by atoms with van der Waals surface area (Å²) in [6.07, 6.45) is 0.986. The second-order valence-electron chi connectivity index (χ2n) is 2.83. The molecular weight excluding hydrogens is 231 g/mol. The predicted molar refractivity (Wildman–Crippen MR) is 68.3 cm³/mol. The normalized spacial score (nSPS) is 9.20. The van der Waals surface area contributed by atoms with E-state index in [2.05, 4.69) is 6.92 Å². The van der Waals surface area contributed by atoms with Crippen molar-refractivity contribution in [2.45, 2.75) is 34.1 Å². The van der Waals surface area contributed by atoms with Crippen LogP contribution >= 0.6 is 23.2 Å². The summed E-state index contributed by atoms with van der Waals surface area (Å²) in [7, 11) is 0. The Balaban J connectivity index is 0.000000921. The van der Waals surface area contributed by atoms with Gasteiger partial charge in [0.05, 0.1) is 16.7 Å². The Bertz CT molecular complexity index is 298. The lowest BCUT2D eigenvalue weighted by Gasteiger charge is -2.09. The summed E-state index contributed by atoms with van der Waals surface area (Å²) in [5.41, 5.74) is 0.905. The fraction of sp³-hybridized carbons (Fsp3) is 0.500. The molecule has 0 aliphatic carbocycles. The standard InChI is InChI=1S/C10H12Cl2O.C2H6/c1-3-6-13-9-5-4-8(11)10(12)7(9)2;1-2/h4-5H,3,6H2,1-2H3;1-2H3. The summed E-state index contributed by atoms with van der Waals surface area (Å²) in [6, 6.07) is 3.60. The van der Waals surface area contributed by atoms with Crippen LogP contribution < -0.4 is 4.74 Å². The SMILES string of the molecule is CC.CCCOc1ccc(Cl)c(Cl)c1C. The molecule has 1 aromatic carbocycles. The van der Waals surface area contributed by atoms with E-state index in [0.29, 0.717) is 16.7 Å². The number of benzene rings is 1. The van der Waals surface area contributed by atoms with Gasteiger partial charge in [0, 0.05) is 5.56 Å². The van der Waals surface area contributed by atoms with Crippen molar-refractivity contribution < 1.29 is 4.74 Å². The van der Waals surface area contributed by atoms with E-state index in [9.17, 15) is 0 Å². The van der Waals surface area contributed by atoms with Crippen LogP contribution in [-0.4, -0.2) is 6.61 Å². The fourth-order valence-corrected chi connectivity index (χ4v) is 1.36. The van der Waals surface area contributed by atoms with Gasteiger partial charge in [0.25, 0.3) is 0 Å². The van der Waals surface area contributed by atoms with Crippen LogP contribution in [0.4, 0.5) is 0 Å². The van der Waals surface area contributed by atoms with Gasteiger partial charge in [-0.1, -0.05) is 44.0 Å². The third-order valence-corrected chi connectivity index (χ3v) is 2.65. The third-order valence-electron chi connectivity index (χ3n) is 1.75. The van der Waals surface area contributed by atoms with Gasteiger partial charge >= 0.3 is 0 Å². The lowest BCUT2D eigenvalue weighted by Crippen LogP contribution is -1.97. The molecule has 86 valence electrons. The van der Waals surface area contributed by atoms with Gasteiger partial charge in [-0.2, -0.15) is 0 Å². The van der Waals surface area contributed by atoms with Crippen LogP contribution in [0.3, 0.4) is 0 Å². The van der Waals surface area contributed by atoms with E-state index < -0.39 is 0 Å². The Labute approximate surface area is 102 Å². The summed E-state index contributed by atoms with van der Waals surface area (Å²) >= 11 is 11.8. The summed E-state index contributed by atoms with van der Waals surface area (Å²) in [4.78, 5) is 0. The Morgan fingerprint density at radius 2 is 1.80 bits per heavy atom. The summed E-state index contributed by atoms with van der Waals surface area (Å²) in [6.45, 7) is 8.67. The predicted octanol–water partition coefficient (Wildman–Crippen LogP) is 5.12. The molecule has 0 fully saturated rings. The maximum Gasteiger partial charge on any atom is 0.123 e. The average Bonchev–Trinajstić information content (AvgIpc) is 2.28. The lowest BCUT2D eigenvalue weighted by atomic mass is 10.2. The molecule has 0 heterocycles. The van der Waals surface area contributed by atoms with Crippen molar-refractivity contribution in [2.24, 2.45) is 0 Å². The molecule has 15 heavy (non-hydrogen) atoms. The minimum absolute atomic E-state index is 0.572. The second-order valence-corrected chi connectivity index (χ2v) is 3.62. The van der Waals surface area contributed by atoms with Gasteiger partial charge in [-0.05, 0) is 25.5 Å². The Morgan fingerprint density at radius 1 is 1.20 bits per heavy atom. The van der Waals surface area contributed by atoms with Gasteiger partial charge in [-0.15, -0.1) is 0 Å². The fourth-order valence-electron chi connectivity index (χ4n) is 1.00. The van der Waals surface area contributed by atoms with Crippen molar-refractivity contribution in [3.05, 3.63) is 27.7 Å². The van der Waals surface area contributed by atoms with Gasteiger partial charge in [0.15, 0.2) is 0 Å². The van der Waals surface area contributed by atoms with Crippen molar-refractivity contribution in [3.63, 3.8) is 0 Å². The summed E-state index contributed by atoms with van der Waals surface area (Å²) < 4.78 is 5.48. The average molecular weight is 249 g/mol. The van der Waals surface area contributed by atoms with E-state index in [1.165, 1.54) is 0 Å². The molecule has 0 amide bonds. The molecule has 0 spiro atoms. The van der Waals surface area contributed by atoms with Gasteiger partial charge in [0.1, 0.15) is 5.75 Å². The van der Waals surface area contributed by atoms with Gasteiger partial charge < -0.3 is 4.74 Å². The molecule has 1 nitrogen and oxygen atoms in total. The third kappa shape index (κ3) is 4.31. The molecule has 0 atom stereocenters. The van der Waals surface area contributed by atoms with Gasteiger partial charge in [-0.3, -0.25) is 0 Å². The molecule has 0 N–H and O–H groups in total. The minimum atomic E-state index is 0.572. The van der Waals surface area contributed by atoms with E-state index in [4.69, 9.17) is 27.9 Å². The first-order chi connectivity index (χ1) is 7.16. The highest BCUT2D eigenvalue weighted by Crippen LogP contribution is 2.31. The molecular formula is C12H18Cl2O. The van der Waals surface area contributed by atoms with Crippen LogP contribution in [0.5, 0.6) is 5.75 Å². The first-order valence-corrected chi connectivity index (χ1v) is 5.99. The molecule has 0 saturated carbocycles. The molecule has 0 saturated heterocycles. The number of halogens is 2. The Morgan fingerprint density at radius 3 is 2.33 bits per heavy atom. The van der Waals surface area contributed by atoms with Crippen LogP contribution in [0.2, 0.25) is 10.0 Å². The molecule has 0 aromatic heterocycles. The van der Waals surface area contributed by atoms with Crippen molar-refractivity contribution in [3.8, 4) is 5.75 Å². The van der Waals surface area contributed by atoms with Crippen LogP contribution in [0.15, 0.2) is 12.1 Å². The maximum absolute atomic E-state index is 5.95. The van der Waals surface area contributed by atoms with Crippen LogP contribution in [0.25, 0.3) is 0 Å². The van der Waals surface area contributed by atoms with Crippen molar-refractivity contribution >= 4 is 23.2 Å². The molecule has 0 radical (unpaired) electrons. The smallest absolute Gasteiger partial charge is 0.123 e. The van der Waals surface area contributed by atoms with E-state index in [-0.39, 0.29) is 0 Å². The van der Waals surface area contributed by atoms with Crippen molar-refractivity contribution in [2.75, 3.05) is 6.61 Å². The lowest BCUT2D eigenvalue weighted by molar-refractivity contribution is 0.315. The summed E-state index contributed by atoms with van der Waals surface area (Å²) in [5, 5.41) is 1.15. The van der Waals surface area contributed by atoms with E-state index in [1.807, 2.05) is 26.8 Å². The largest absolute Gasteiger partial charge is 0.493 e. The number of hydrogen-bond donors (Lipinski definition) is 0. The monoisotopic (exact) mass is 248 g/mol. The molecule has 3 heteroatoms. The Kier molecular flexibility index (Phi) is 7.63. The quantitative estimate of drug-likeness (QED) is 0.722. The summed E-state index contributed by atoms with van der Waals surface area (Å²) in [5.74, 6) is 0.816. The van der Waals surface area contributed by atoms with Crippen molar-refractivity contribution in [1.29, 1.82) is 0 Å². The van der Waals surface area contributed by atoms with Crippen molar-refractivity contribution in [1.82, 2.24) is 0 Å². The first kappa shape index (κ1) is 14.6. The maximum atomic E-state index is 5.95. The van der Waals surface area contributed by atoms with Crippen LogP contribution in [0, 0.1) is 6.92 Å². The topological polar surface area (TPSA) is 9.23 Å². The van der Waals surface area contributed by atoms with Gasteiger partial charge in [-0.25, -0.2) is 0 Å². The van der Waals surface area contributed by atoms with E-state index in [1.54, 1.807) is 6.07 Å². The second kappa shape index (κ2) is 7.84. The van der Waals surface area contributed by atoms with E-state index in [0.717, 1.165) is 17.7 Å². The molecule has 1 aromatic rings. The minimum Gasteiger partial charge on any atom is -0.493 e. The van der Waals surface area contributed by atoms with Crippen LogP contribution in [0.1, 0.15) is 32.8 Å². The highest BCUT2D eigenvalue weighted by Gasteiger charge is 2.06. The zero-order valence-corrected chi connectivity index (χ0v) is 11.2. The molecule has 1 rings (SSSR count). The first-order valence-electron chi connectivity index (χ1n) is 5.24. The molecule has 0 aliphatic rings. The van der Waals surface area contributed by atoms with Crippen LogP contribution in [-0.2, 0) is 0 Å². The Hall–Kier alpha value is -0.400. The number of hydrogen-bond acceptors (Lipinski definition) is 1. The molecule has 0 aliphatic heterocycles. The highest BCUT2D eigenvalue weighted by atomic mass is 35.5. The highest BCUT2D eigenvalue weighted by molar-refractivity contribution is 6.42. The number of ether oxygens (including phenoxy) is 1. The zero-order valence-electron chi connectivity index (χ0n) is 9.73. The molecule has 0 bridgehead atoms. The number of rotatable bonds is 3. The molecule has 0 unspecified atom stereocenters. The van der Waals surface area contributed by atoms with E-state index >= 15 is 0 Å².